The van der Waals surface area contributed by atoms with Gasteiger partial charge in [-0.25, -0.2) is 0 Å². The summed E-state index contributed by atoms with van der Waals surface area (Å²) >= 11 is 0. The number of aromatic nitrogens is 1. The van der Waals surface area contributed by atoms with Crippen molar-refractivity contribution in [1.82, 2.24) is 4.73 Å². The molecule has 3 aromatic rings. The van der Waals surface area contributed by atoms with E-state index in [-0.39, 0.29) is 12.2 Å². The van der Waals surface area contributed by atoms with Gasteiger partial charge < -0.3 is 19.6 Å². The normalized spacial score (nSPS) is 10.3. The minimum Gasteiger partial charge on any atom is -0.493 e. The van der Waals surface area contributed by atoms with Gasteiger partial charge in [-0.2, -0.15) is 4.73 Å². The molecule has 0 aliphatic heterocycles. The average Bonchev–Trinajstić information content (AvgIpc) is 2.74. The van der Waals surface area contributed by atoms with Crippen LogP contribution in [0.5, 0.6) is 11.5 Å². The largest absolute Gasteiger partial charge is 0.493 e. The van der Waals surface area contributed by atoms with Crippen LogP contribution < -0.4 is 25.2 Å². The maximum Gasteiger partial charge on any atom is 0.295 e. The molecule has 1 amide bonds. The van der Waals surface area contributed by atoms with Crippen molar-refractivity contribution in [3.63, 3.8) is 0 Å². The number of carbonyl (C=O) groups excluding carboxylic acids is 1. The Balaban J connectivity index is 1.75. The van der Waals surface area contributed by atoms with Gasteiger partial charge >= 0.3 is 0 Å². The fourth-order valence-electron chi connectivity index (χ4n) is 2.69. The lowest BCUT2D eigenvalue weighted by molar-refractivity contribution is 0.0863. The Morgan fingerprint density at radius 3 is 2.41 bits per heavy atom. The lowest BCUT2D eigenvalue weighted by Gasteiger charge is -2.12. The van der Waals surface area contributed by atoms with Crippen LogP contribution in [-0.2, 0) is 6.61 Å². The summed E-state index contributed by atoms with van der Waals surface area (Å²) < 4.78 is 11.5. The number of nitrogens with one attached hydrogen (secondary N) is 1. The molecular weight excluding hydrogens is 372 g/mol. The number of ether oxygens (including phenoxy) is 2. The minimum atomic E-state index is -0.546. The zero-order valence-electron chi connectivity index (χ0n) is 16.5. The number of anilines is 1. The van der Waals surface area contributed by atoms with Gasteiger partial charge in [0, 0.05) is 18.0 Å². The molecule has 2 aromatic carbocycles. The molecule has 0 unspecified atom stereocenters. The summed E-state index contributed by atoms with van der Waals surface area (Å²) in [4.78, 5) is 30.8. The third kappa shape index (κ3) is 4.76. The van der Waals surface area contributed by atoms with E-state index in [0.29, 0.717) is 17.2 Å². The highest BCUT2D eigenvalue weighted by Gasteiger charge is 2.14. The highest BCUT2D eigenvalue weighted by atomic mass is 16.7. The number of hydrogen-bond donors (Lipinski definition) is 1. The van der Waals surface area contributed by atoms with E-state index in [9.17, 15) is 9.59 Å². The van der Waals surface area contributed by atoms with Crippen LogP contribution in [0.4, 0.5) is 5.69 Å². The van der Waals surface area contributed by atoms with Gasteiger partial charge in [-0.05, 0) is 36.8 Å². The molecule has 0 aliphatic rings. The number of aryl methyl sites for hydroxylation is 1. The van der Waals surface area contributed by atoms with Gasteiger partial charge in [0.25, 0.3) is 11.5 Å². The lowest BCUT2D eigenvalue weighted by Crippen LogP contribution is -2.32. The molecule has 150 valence electrons. The van der Waals surface area contributed by atoms with Crippen LogP contribution in [0, 0.1) is 6.92 Å². The lowest BCUT2D eigenvalue weighted by atomic mass is 10.2. The van der Waals surface area contributed by atoms with Crippen molar-refractivity contribution in [3.05, 3.63) is 87.8 Å². The molecule has 3 rings (SSSR count). The summed E-state index contributed by atoms with van der Waals surface area (Å²) in [6, 6.07) is 15.8. The maximum atomic E-state index is 12.6. The predicted molar refractivity (Wildman–Crippen MR) is 110 cm³/mol. The average molecular weight is 394 g/mol. The smallest absolute Gasteiger partial charge is 0.295 e. The molecule has 0 radical (unpaired) electrons. The standard InChI is InChI=1S/C22H22N2O5/c1-15-6-8-16(9-7-15)14-29-24-12-4-5-18(22(24)26)21(25)23-17-10-11-19(27-2)20(13-17)28-3/h4-13H,14H2,1-3H3,(H,23,25). The number of rotatable bonds is 7. The summed E-state index contributed by atoms with van der Waals surface area (Å²) in [6.45, 7) is 2.20. The number of nitrogens with zero attached hydrogens (tertiary/aromatic N) is 1. The Kier molecular flexibility index (Phi) is 6.19. The van der Waals surface area contributed by atoms with Crippen molar-refractivity contribution >= 4 is 11.6 Å². The van der Waals surface area contributed by atoms with Crippen molar-refractivity contribution < 1.29 is 19.1 Å². The van der Waals surface area contributed by atoms with Crippen molar-refractivity contribution in [3.8, 4) is 11.5 Å². The zero-order valence-corrected chi connectivity index (χ0v) is 16.5. The molecule has 29 heavy (non-hydrogen) atoms. The molecule has 0 spiro atoms. The van der Waals surface area contributed by atoms with Crippen LogP contribution in [0.1, 0.15) is 21.5 Å². The van der Waals surface area contributed by atoms with Gasteiger partial charge in [-0.15, -0.1) is 0 Å². The first-order chi connectivity index (χ1) is 14.0. The summed E-state index contributed by atoms with van der Waals surface area (Å²) in [5.41, 5.74) is 1.95. The Morgan fingerprint density at radius 2 is 1.72 bits per heavy atom. The highest BCUT2D eigenvalue weighted by molar-refractivity contribution is 6.04. The summed E-state index contributed by atoms with van der Waals surface area (Å²) in [6.07, 6.45) is 1.48. The van der Waals surface area contributed by atoms with Crippen molar-refractivity contribution in [2.45, 2.75) is 13.5 Å². The molecule has 1 aromatic heterocycles. The van der Waals surface area contributed by atoms with Crippen LogP contribution in [0.15, 0.2) is 65.6 Å². The topological polar surface area (TPSA) is 78.8 Å². The summed E-state index contributed by atoms with van der Waals surface area (Å²) in [7, 11) is 3.03. The molecule has 0 fully saturated rings. The molecule has 1 N–H and O–H groups in total. The molecule has 0 aliphatic carbocycles. The molecular formula is C22H22N2O5. The number of pyridine rings is 1. The van der Waals surface area contributed by atoms with Crippen LogP contribution in [0.3, 0.4) is 0 Å². The predicted octanol–water partition coefficient (Wildman–Crippen LogP) is 3.06. The first kappa shape index (κ1) is 20.0. The number of methoxy groups -OCH3 is 2. The van der Waals surface area contributed by atoms with Gasteiger partial charge in [-0.3, -0.25) is 9.59 Å². The molecule has 1 heterocycles. The van der Waals surface area contributed by atoms with Crippen molar-refractivity contribution in [2.24, 2.45) is 0 Å². The molecule has 7 heteroatoms. The zero-order chi connectivity index (χ0) is 20.8. The third-order valence-electron chi connectivity index (χ3n) is 4.29. The van der Waals surface area contributed by atoms with Gasteiger partial charge in [0.2, 0.25) is 0 Å². The van der Waals surface area contributed by atoms with E-state index < -0.39 is 11.5 Å². The minimum absolute atomic E-state index is 0.0359. The summed E-state index contributed by atoms with van der Waals surface area (Å²) in [5, 5.41) is 2.69. The van der Waals surface area contributed by atoms with E-state index in [1.165, 1.54) is 26.5 Å². The van der Waals surface area contributed by atoms with E-state index in [4.69, 9.17) is 14.3 Å². The number of benzene rings is 2. The Labute approximate surface area is 168 Å². The number of hydrogen-bond acceptors (Lipinski definition) is 5. The van der Waals surface area contributed by atoms with Gasteiger partial charge in [-0.1, -0.05) is 29.8 Å². The van der Waals surface area contributed by atoms with Crippen LogP contribution in [0.25, 0.3) is 0 Å². The number of amides is 1. The van der Waals surface area contributed by atoms with Crippen LogP contribution >= 0.6 is 0 Å². The van der Waals surface area contributed by atoms with Crippen LogP contribution in [-0.4, -0.2) is 24.9 Å². The number of carbonyl (C=O) groups is 1. The highest BCUT2D eigenvalue weighted by Crippen LogP contribution is 2.29. The Bertz CT molecular complexity index is 1060. The van der Waals surface area contributed by atoms with E-state index in [0.717, 1.165) is 15.9 Å². The van der Waals surface area contributed by atoms with E-state index in [1.807, 2.05) is 31.2 Å². The van der Waals surface area contributed by atoms with E-state index >= 15 is 0 Å². The summed E-state index contributed by atoms with van der Waals surface area (Å²) in [5.74, 6) is 0.463. The molecule has 0 saturated carbocycles. The third-order valence-corrected chi connectivity index (χ3v) is 4.29. The van der Waals surface area contributed by atoms with Gasteiger partial charge in [0.1, 0.15) is 12.2 Å². The van der Waals surface area contributed by atoms with Gasteiger partial charge in [0.15, 0.2) is 11.5 Å². The monoisotopic (exact) mass is 394 g/mol. The van der Waals surface area contributed by atoms with Crippen molar-refractivity contribution in [2.75, 3.05) is 19.5 Å². The first-order valence-electron chi connectivity index (χ1n) is 8.95. The second-order valence-corrected chi connectivity index (χ2v) is 6.34. The van der Waals surface area contributed by atoms with E-state index in [1.54, 1.807) is 24.3 Å². The molecule has 0 atom stereocenters. The second kappa shape index (κ2) is 8.97. The SMILES string of the molecule is COc1ccc(NC(=O)c2cccn(OCc3ccc(C)cc3)c2=O)cc1OC. The molecule has 0 saturated heterocycles. The Hall–Kier alpha value is -3.74. The second-order valence-electron chi connectivity index (χ2n) is 6.34. The van der Waals surface area contributed by atoms with E-state index in [2.05, 4.69) is 5.32 Å². The fraction of sp³-hybridized carbons (Fsp3) is 0.182. The molecule has 7 nitrogen and oxygen atoms in total. The van der Waals surface area contributed by atoms with Crippen molar-refractivity contribution in [1.29, 1.82) is 0 Å². The maximum absolute atomic E-state index is 12.6. The van der Waals surface area contributed by atoms with Crippen LogP contribution in [0.2, 0.25) is 0 Å². The Morgan fingerprint density at radius 1 is 1.00 bits per heavy atom. The first-order valence-corrected chi connectivity index (χ1v) is 8.95. The fourth-order valence-corrected chi connectivity index (χ4v) is 2.69. The molecule has 0 bridgehead atoms. The van der Waals surface area contributed by atoms with Gasteiger partial charge in [0.05, 0.1) is 14.2 Å². The quantitative estimate of drug-likeness (QED) is 0.666.